The minimum atomic E-state index is 0.588. The molecule has 0 amide bonds. The maximum atomic E-state index is 2.49. The van der Waals surface area contributed by atoms with Crippen LogP contribution in [0.1, 0.15) is 60.8 Å². The smallest absolute Gasteiger partial charge is 0.0150 e. The molecule has 0 heterocycles. The predicted molar refractivity (Wildman–Crippen MR) is 95.4 cm³/mol. The Kier molecular flexibility index (Phi) is 4.97. The van der Waals surface area contributed by atoms with Crippen molar-refractivity contribution in [3.63, 3.8) is 0 Å². The van der Waals surface area contributed by atoms with E-state index < -0.39 is 0 Å². The van der Waals surface area contributed by atoms with Crippen molar-refractivity contribution in [1.29, 1.82) is 0 Å². The standard InChI is InChI=1S/C22H28/c1-17-12-13-21(16-22(17)15-20-10-6-7-11-20)18(2)14-19-8-4-3-5-9-19/h3-5,8-9,12-13,16,18,20H,6-7,10-11,14-15H2,1-2H3. The second-order valence-electron chi connectivity index (χ2n) is 7.13. The first-order valence-corrected chi connectivity index (χ1v) is 8.85. The van der Waals surface area contributed by atoms with Crippen LogP contribution in [0.15, 0.2) is 48.5 Å². The van der Waals surface area contributed by atoms with Gasteiger partial charge in [-0.05, 0) is 53.9 Å². The van der Waals surface area contributed by atoms with Gasteiger partial charge in [-0.1, -0.05) is 81.1 Å². The Morgan fingerprint density at radius 2 is 1.73 bits per heavy atom. The van der Waals surface area contributed by atoms with Gasteiger partial charge in [-0.3, -0.25) is 0 Å². The molecular formula is C22H28. The van der Waals surface area contributed by atoms with E-state index in [2.05, 4.69) is 62.4 Å². The molecule has 0 radical (unpaired) electrons. The van der Waals surface area contributed by atoms with Crippen molar-refractivity contribution in [3.8, 4) is 0 Å². The van der Waals surface area contributed by atoms with Crippen LogP contribution in [0.2, 0.25) is 0 Å². The van der Waals surface area contributed by atoms with E-state index in [0.29, 0.717) is 5.92 Å². The topological polar surface area (TPSA) is 0 Å². The minimum absolute atomic E-state index is 0.588. The average Bonchev–Trinajstić information content (AvgIpc) is 3.03. The van der Waals surface area contributed by atoms with Crippen LogP contribution in [0.4, 0.5) is 0 Å². The molecule has 1 atom stereocenters. The molecule has 2 aromatic rings. The third-order valence-corrected chi connectivity index (χ3v) is 5.31. The third-order valence-electron chi connectivity index (χ3n) is 5.31. The van der Waals surface area contributed by atoms with Crippen LogP contribution < -0.4 is 0 Å². The maximum Gasteiger partial charge on any atom is -0.0150 e. The van der Waals surface area contributed by atoms with Crippen LogP contribution in [0.5, 0.6) is 0 Å². The zero-order valence-corrected chi connectivity index (χ0v) is 14.0. The molecule has 2 aromatic carbocycles. The molecule has 1 aliphatic rings. The molecule has 22 heavy (non-hydrogen) atoms. The fraction of sp³-hybridized carbons (Fsp3) is 0.455. The molecule has 0 saturated heterocycles. The van der Waals surface area contributed by atoms with Crippen LogP contribution in [-0.4, -0.2) is 0 Å². The van der Waals surface area contributed by atoms with Crippen molar-refractivity contribution in [2.75, 3.05) is 0 Å². The highest BCUT2D eigenvalue weighted by atomic mass is 14.2. The molecular weight excluding hydrogens is 264 g/mol. The summed E-state index contributed by atoms with van der Waals surface area (Å²) in [5.74, 6) is 1.52. The van der Waals surface area contributed by atoms with Crippen LogP contribution in [0.3, 0.4) is 0 Å². The molecule has 1 unspecified atom stereocenters. The summed E-state index contributed by atoms with van der Waals surface area (Å²) in [7, 11) is 0. The van der Waals surface area contributed by atoms with E-state index in [1.165, 1.54) is 48.8 Å². The fourth-order valence-corrected chi connectivity index (χ4v) is 3.83. The van der Waals surface area contributed by atoms with Gasteiger partial charge in [-0.25, -0.2) is 0 Å². The fourth-order valence-electron chi connectivity index (χ4n) is 3.83. The molecule has 0 spiro atoms. The SMILES string of the molecule is Cc1ccc(C(C)Cc2ccccc2)cc1CC1CCCC1. The molecule has 3 rings (SSSR count). The molecule has 1 saturated carbocycles. The third kappa shape index (κ3) is 3.80. The number of aryl methyl sites for hydroxylation is 1. The van der Waals surface area contributed by atoms with Gasteiger partial charge in [0.2, 0.25) is 0 Å². The van der Waals surface area contributed by atoms with Gasteiger partial charge in [0, 0.05) is 0 Å². The van der Waals surface area contributed by atoms with Gasteiger partial charge in [-0.2, -0.15) is 0 Å². The second-order valence-corrected chi connectivity index (χ2v) is 7.13. The summed E-state index contributed by atoms with van der Waals surface area (Å²) in [5, 5.41) is 0. The van der Waals surface area contributed by atoms with E-state index in [0.717, 1.165) is 12.3 Å². The van der Waals surface area contributed by atoms with Gasteiger partial charge < -0.3 is 0 Å². The first-order chi connectivity index (χ1) is 10.7. The molecule has 0 nitrogen and oxygen atoms in total. The quantitative estimate of drug-likeness (QED) is 0.627. The molecule has 1 fully saturated rings. The van der Waals surface area contributed by atoms with Crippen molar-refractivity contribution >= 4 is 0 Å². The summed E-state index contributed by atoms with van der Waals surface area (Å²) in [6.07, 6.45) is 8.17. The Morgan fingerprint density at radius 3 is 2.45 bits per heavy atom. The van der Waals surface area contributed by atoms with Crippen molar-refractivity contribution in [2.45, 2.75) is 58.3 Å². The summed E-state index contributed by atoms with van der Waals surface area (Å²) in [6.45, 7) is 4.63. The van der Waals surface area contributed by atoms with Gasteiger partial charge in [0.25, 0.3) is 0 Å². The van der Waals surface area contributed by atoms with Gasteiger partial charge >= 0.3 is 0 Å². The normalized spacial score (nSPS) is 16.8. The summed E-state index contributed by atoms with van der Waals surface area (Å²) in [4.78, 5) is 0. The lowest BCUT2D eigenvalue weighted by Gasteiger charge is -2.17. The van der Waals surface area contributed by atoms with Crippen LogP contribution in [-0.2, 0) is 12.8 Å². The minimum Gasteiger partial charge on any atom is -0.0622 e. The second kappa shape index (κ2) is 7.13. The van der Waals surface area contributed by atoms with Gasteiger partial charge in [0.15, 0.2) is 0 Å². The van der Waals surface area contributed by atoms with Crippen LogP contribution >= 0.6 is 0 Å². The largest absolute Gasteiger partial charge is 0.0622 e. The molecule has 1 aliphatic carbocycles. The van der Waals surface area contributed by atoms with E-state index in [1.54, 1.807) is 5.56 Å². The number of hydrogen-bond donors (Lipinski definition) is 0. The highest BCUT2D eigenvalue weighted by Gasteiger charge is 2.17. The molecule has 0 aliphatic heterocycles. The van der Waals surface area contributed by atoms with E-state index in [-0.39, 0.29) is 0 Å². The number of rotatable bonds is 5. The van der Waals surface area contributed by atoms with E-state index in [9.17, 15) is 0 Å². The summed E-state index contributed by atoms with van der Waals surface area (Å²) in [6, 6.07) is 18.0. The average molecular weight is 292 g/mol. The monoisotopic (exact) mass is 292 g/mol. The molecule has 0 aromatic heterocycles. The Balaban J connectivity index is 1.73. The van der Waals surface area contributed by atoms with Gasteiger partial charge in [0.05, 0.1) is 0 Å². The molecule has 116 valence electrons. The van der Waals surface area contributed by atoms with Crippen LogP contribution in [0, 0.1) is 12.8 Å². The Labute approximate surface area is 135 Å². The Morgan fingerprint density at radius 1 is 1.00 bits per heavy atom. The summed E-state index contributed by atoms with van der Waals surface area (Å²) < 4.78 is 0. The molecule has 0 bridgehead atoms. The highest BCUT2D eigenvalue weighted by Crippen LogP contribution is 2.30. The maximum absolute atomic E-state index is 2.49. The van der Waals surface area contributed by atoms with Gasteiger partial charge in [0.1, 0.15) is 0 Å². The first kappa shape index (κ1) is 15.3. The first-order valence-electron chi connectivity index (χ1n) is 8.85. The van der Waals surface area contributed by atoms with Crippen LogP contribution in [0.25, 0.3) is 0 Å². The lowest BCUT2D eigenvalue weighted by atomic mass is 9.88. The van der Waals surface area contributed by atoms with Crippen molar-refractivity contribution in [3.05, 3.63) is 70.8 Å². The lowest BCUT2D eigenvalue weighted by molar-refractivity contribution is 0.544. The van der Waals surface area contributed by atoms with E-state index >= 15 is 0 Å². The van der Waals surface area contributed by atoms with E-state index in [4.69, 9.17) is 0 Å². The number of hydrogen-bond acceptors (Lipinski definition) is 0. The van der Waals surface area contributed by atoms with Crippen molar-refractivity contribution in [2.24, 2.45) is 5.92 Å². The highest BCUT2D eigenvalue weighted by molar-refractivity contribution is 5.34. The lowest BCUT2D eigenvalue weighted by Crippen LogP contribution is -2.04. The predicted octanol–water partition coefficient (Wildman–Crippen LogP) is 6.07. The zero-order chi connectivity index (χ0) is 15.4. The van der Waals surface area contributed by atoms with Gasteiger partial charge in [-0.15, -0.1) is 0 Å². The molecule has 0 N–H and O–H groups in total. The zero-order valence-electron chi connectivity index (χ0n) is 14.0. The summed E-state index contributed by atoms with van der Waals surface area (Å²) in [5.41, 5.74) is 6.00. The van der Waals surface area contributed by atoms with Crippen molar-refractivity contribution < 1.29 is 0 Å². The Hall–Kier alpha value is -1.56. The Bertz CT molecular complexity index is 591. The number of benzene rings is 2. The van der Waals surface area contributed by atoms with Crippen molar-refractivity contribution in [1.82, 2.24) is 0 Å². The summed E-state index contributed by atoms with van der Waals surface area (Å²) >= 11 is 0. The van der Waals surface area contributed by atoms with E-state index in [1.807, 2.05) is 0 Å². The molecule has 0 heteroatoms.